The van der Waals surface area contributed by atoms with Crippen molar-refractivity contribution in [1.29, 1.82) is 0 Å². The zero-order valence-electron chi connectivity index (χ0n) is 9.19. The van der Waals surface area contributed by atoms with E-state index in [1.54, 1.807) is 0 Å². The van der Waals surface area contributed by atoms with Gasteiger partial charge in [-0.2, -0.15) is 0 Å². The first kappa shape index (κ1) is 9.41. The van der Waals surface area contributed by atoms with Crippen LogP contribution in [0.4, 0.5) is 0 Å². The van der Waals surface area contributed by atoms with E-state index < -0.39 is 0 Å². The normalized spacial score (nSPS) is 14.8. The van der Waals surface area contributed by atoms with E-state index >= 15 is 0 Å². The largest absolute Gasteiger partial charge is 0.0622 e. The van der Waals surface area contributed by atoms with Gasteiger partial charge >= 0.3 is 0 Å². The summed E-state index contributed by atoms with van der Waals surface area (Å²) in [4.78, 5) is 0. The van der Waals surface area contributed by atoms with E-state index in [1.165, 1.54) is 35.1 Å². The molecule has 3 rings (SSSR count). The molecule has 0 saturated heterocycles. The Bertz CT molecular complexity index is 457. The van der Waals surface area contributed by atoms with E-state index in [0.29, 0.717) is 0 Å². The van der Waals surface area contributed by atoms with Crippen LogP contribution in [-0.2, 0) is 0 Å². The van der Waals surface area contributed by atoms with Gasteiger partial charge < -0.3 is 0 Å². The first-order valence-corrected chi connectivity index (χ1v) is 5.78. The Hall–Kier alpha value is -1.82. The van der Waals surface area contributed by atoms with Crippen molar-refractivity contribution in [3.63, 3.8) is 0 Å². The molecule has 0 aliphatic heterocycles. The van der Waals surface area contributed by atoms with Crippen LogP contribution in [0.5, 0.6) is 0 Å². The smallest absolute Gasteiger partial charge is 0.0221 e. The van der Waals surface area contributed by atoms with Gasteiger partial charge in [-0.25, -0.2) is 0 Å². The molecule has 0 bridgehead atoms. The van der Waals surface area contributed by atoms with Crippen LogP contribution in [0.3, 0.4) is 0 Å². The van der Waals surface area contributed by atoms with Crippen molar-refractivity contribution in [2.75, 3.05) is 0 Å². The van der Waals surface area contributed by atoms with Crippen LogP contribution in [0.15, 0.2) is 60.7 Å². The summed E-state index contributed by atoms with van der Waals surface area (Å²) in [6, 6.07) is 21.4. The molecule has 2 aromatic rings. The second-order valence-corrected chi connectivity index (χ2v) is 4.19. The van der Waals surface area contributed by atoms with Crippen LogP contribution < -0.4 is 0 Å². The molecule has 0 saturated carbocycles. The van der Waals surface area contributed by atoms with Gasteiger partial charge in [-0.15, -0.1) is 0 Å². The van der Waals surface area contributed by atoms with Gasteiger partial charge in [0.1, 0.15) is 0 Å². The summed E-state index contributed by atoms with van der Waals surface area (Å²) in [5.74, 6) is 0. The zero-order chi connectivity index (χ0) is 10.8. The minimum Gasteiger partial charge on any atom is -0.0622 e. The van der Waals surface area contributed by atoms with Crippen LogP contribution in [0.1, 0.15) is 24.0 Å². The van der Waals surface area contributed by atoms with Crippen LogP contribution in [0.2, 0.25) is 0 Å². The predicted molar refractivity (Wildman–Crippen MR) is 68.9 cm³/mol. The predicted octanol–water partition coefficient (Wildman–Crippen LogP) is 4.39. The molecule has 0 nitrogen and oxygen atoms in total. The lowest BCUT2D eigenvalue weighted by atomic mass is 9.80. The summed E-state index contributed by atoms with van der Waals surface area (Å²) in [6.45, 7) is 0. The topological polar surface area (TPSA) is 0 Å². The maximum atomic E-state index is 2.21. The molecule has 1 aliphatic rings. The molecule has 0 aromatic heterocycles. The van der Waals surface area contributed by atoms with E-state index in [0.717, 1.165) is 0 Å². The minimum atomic E-state index is 1.22. The lowest BCUT2D eigenvalue weighted by Crippen LogP contribution is -2.02. The molecule has 0 N–H and O–H groups in total. The van der Waals surface area contributed by atoms with Gasteiger partial charge in [0.15, 0.2) is 0 Å². The van der Waals surface area contributed by atoms with E-state index in [2.05, 4.69) is 60.7 Å². The van der Waals surface area contributed by atoms with E-state index in [1.807, 2.05) is 0 Å². The molecule has 0 amide bonds. The highest BCUT2D eigenvalue weighted by atomic mass is 14.2. The van der Waals surface area contributed by atoms with E-state index in [9.17, 15) is 0 Å². The van der Waals surface area contributed by atoms with Gasteiger partial charge in [0.2, 0.25) is 0 Å². The van der Waals surface area contributed by atoms with Crippen LogP contribution in [0.25, 0.3) is 11.1 Å². The quantitative estimate of drug-likeness (QED) is 0.683. The summed E-state index contributed by atoms with van der Waals surface area (Å²) in [5, 5.41) is 0. The molecule has 0 heterocycles. The third kappa shape index (κ3) is 1.57. The molecule has 1 aliphatic carbocycles. The molecule has 0 heteroatoms. The molecule has 0 unspecified atom stereocenters. The van der Waals surface area contributed by atoms with E-state index in [-0.39, 0.29) is 0 Å². The van der Waals surface area contributed by atoms with Gasteiger partial charge in [0.05, 0.1) is 0 Å². The Balaban J connectivity index is 2.04. The number of benzene rings is 2. The number of allylic oxidation sites excluding steroid dienone is 2. The second-order valence-electron chi connectivity index (χ2n) is 4.19. The lowest BCUT2D eigenvalue weighted by molar-refractivity contribution is 1.01. The van der Waals surface area contributed by atoms with Crippen molar-refractivity contribution in [1.82, 2.24) is 0 Å². The van der Waals surface area contributed by atoms with Gasteiger partial charge in [-0.3, -0.25) is 0 Å². The van der Waals surface area contributed by atoms with Crippen molar-refractivity contribution in [2.45, 2.75) is 12.8 Å². The summed E-state index contributed by atoms with van der Waals surface area (Å²) in [7, 11) is 0. The van der Waals surface area contributed by atoms with Crippen molar-refractivity contribution >= 4 is 11.1 Å². The summed E-state index contributed by atoms with van der Waals surface area (Å²) < 4.78 is 0. The fourth-order valence-corrected chi connectivity index (χ4v) is 2.29. The third-order valence-corrected chi connectivity index (χ3v) is 3.23. The third-order valence-electron chi connectivity index (χ3n) is 3.23. The molecule has 0 spiro atoms. The maximum absolute atomic E-state index is 2.21. The number of rotatable bonds is 2. The average Bonchev–Trinajstić information content (AvgIpc) is 2.30. The monoisotopic (exact) mass is 206 g/mol. The Morgan fingerprint density at radius 1 is 0.500 bits per heavy atom. The van der Waals surface area contributed by atoms with E-state index in [4.69, 9.17) is 0 Å². The van der Waals surface area contributed by atoms with Crippen molar-refractivity contribution in [2.24, 2.45) is 0 Å². The molecular weight excluding hydrogens is 192 g/mol. The van der Waals surface area contributed by atoms with Crippen molar-refractivity contribution < 1.29 is 0 Å². The highest BCUT2D eigenvalue weighted by Gasteiger charge is 2.19. The Kier molecular flexibility index (Phi) is 2.34. The summed E-state index contributed by atoms with van der Waals surface area (Å²) in [6.07, 6.45) is 2.43. The fraction of sp³-hybridized carbons (Fsp3) is 0.125. The summed E-state index contributed by atoms with van der Waals surface area (Å²) in [5.41, 5.74) is 5.80. The van der Waals surface area contributed by atoms with Gasteiger partial charge in [-0.05, 0) is 35.1 Å². The molecule has 0 radical (unpaired) electrons. The van der Waals surface area contributed by atoms with Crippen LogP contribution >= 0.6 is 0 Å². The summed E-state index contributed by atoms with van der Waals surface area (Å²) >= 11 is 0. The molecular formula is C16H14. The van der Waals surface area contributed by atoms with Gasteiger partial charge in [0, 0.05) is 0 Å². The van der Waals surface area contributed by atoms with Crippen molar-refractivity contribution in [3.05, 3.63) is 71.8 Å². The molecule has 0 atom stereocenters. The Morgan fingerprint density at radius 3 is 1.19 bits per heavy atom. The minimum absolute atomic E-state index is 1.22. The van der Waals surface area contributed by atoms with Crippen molar-refractivity contribution in [3.8, 4) is 0 Å². The first-order valence-electron chi connectivity index (χ1n) is 5.78. The molecule has 2 aromatic carbocycles. The lowest BCUT2D eigenvalue weighted by Gasteiger charge is -2.24. The average molecular weight is 206 g/mol. The number of hydrogen-bond donors (Lipinski definition) is 0. The highest BCUT2D eigenvalue weighted by molar-refractivity contribution is 5.96. The Morgan fingerprint density at radius 2 is 0.875 bits per heavy atom. The fourth-order valence-electron chi connectivity index (χ4n) is 2.29. The van der Waals surface area contributed by atoms with Crippen LogP contribution in [0, 0.1) is 0 Å². The van der Waals surface area contributed by atoms with Gasteiger partial charge in [0.25, 0.3) is 0 Å². The zero-order valence-corrected chi connectivity index (χ0v) is 9.19. The Labute approximate surface area is 96.3 Å². The second kappa shape index (κ2) is 3.97. The molecule has 0 fully saturated rings. The highest BCUT2D eigenvalue weighted by Crippen LogP contribution is 2.41. The van der Waals surface area contributed by atoms with Crippen LogP contribution in [-0.4, -0.2) is 0 Å². The number of hydrogen-bond acceptors (Lipinski definition) is 0. The SMILES string of the molecule is c1ccc(C2=C(c3ccccc3)CC2)cc1. The molecule has 78 valence electrons. The van der Waals surface area contributed by atoms with Gasteiger partial charge in [-0.1, -0.05) is 60.7 Å². The maximum Gasteiger partial charge on any atom is -0.0221 e. The standard InChI is InChI=1S/C16H14/c1-3-7-13(8-4-1)15-11-12-16(15)14-9-5-2-6-10-14/h1-10H,11-12H2. The first-order chi connectivity index (χ1) is 7.95. The molecule has 16 heavy (non-hydrogen) atoms.